The van der Waals surface area contributed by atoms with Crippen LogP contribution in [0.2, 0.25) is 0 Å². The van der Waals surface area contributed by atoms with Crippen molar-refractivity contribution in [1.82, 2.24) is 21.3 Å². The molecule has 3 rings (SSSR count). The number of rotatable bonds is 22. The van der Waals surface area contributed by atoms with Gasteiger partial charge in [0.2, 0.25) is 11.8 Å². The minimum absolute atomic E-state index is 0.0303. The second-order valence-corrected chi connectivity index (χ2v) is 12.0. The van der Waals surface area contributed by atoms with Crippen molar-refractivity contribution in [2.45, 2.75) is 82.2 Å². The number of hydrogen-bond donors (Lipinski definition) is 7. The lowest BCUT2D eigenvalue weighted by Crippen LogP contribution is -2.55. The van der Waals surface area contributed by atoms with Gasteiger partial charge in [-0.25, -0.2) is 4.79 Å². The molecule has 1 heterocycles. The van der Waals surface area contributed by atoms with E-state index >= 15 is 0 Å². The van der Waals surface area contributed by atoms with Crippen molar-refractivity contribution in [1.29, 1.82) is 0 Å². The highest BCUT2D eigenvalue weighted by atomic mass is 32.1. The van der Waals surface area contributed by atoms with Gasteiger partial charge in [-0.3, -0.25) is 24.0 Å². The number of ether oxygens (including phenoxy) is 2. The number of amides is 4. The van der Waals surface area contributed by atoms with Crippen LogP contribution in [0.4, 0.5) is 0 Å². The zero-order chi connectivity index (χ0) is 35.8. The third-order valence-corrected chi connectivity index (χ3v) is 7.82. The molecule has 2 aromatic carbocycles. The van der Waals surface area contributed by atoms with Crippen molar-refractivity contribution in [2.75, 3.05) is 18.9 Å². The molecule has 0 spiro atoms. The summed E-state index contributed by atoms with van der Waals surface area (Å²) in [5.74, 6) is -4.18. The summed E-state index contributed by atoms with van der Waals surface area (Å²) in [7, 11) is 0. The van der Waals surface area contributed by atoms with Gasteiger partial charge in [-0.1, -0.05) is 55.8 Å². The molecule has 15 heteroatoms. The molecule has 0 radical (unpaired) electrons. The Morgan fingerprint density at radius 3 is 2.00 bits per heavy atom. The Bertz CT molecular complexity index is 1430. The van der Waals surface area contributed by atoms with Crippen molar-refractivity contribution in [3.63, 3.8) is 0 Å². The van der Waals surface area contributed by atoms with Crippen LogP contribution in [0.15, 0.2) is 54.6 Å². The van der Waals surface area contributed by atoms with E-state index < -0.39 is 65.9 Å². The number of hydrogen-bond acceptors (Lipinski definition) is 9. The highest BCUT2D eigenvalue weighted by Gasteiger charge is 2.51. The Morgan fingerprint density at radius 2 is 1.41 bits per heavy atom. The van der Waals surface area contributed by atoms with Crippen LogP contribution in [0.25, 0.3) is 0 Å². The maximum Gasteiger partial charge on any atom is 0.326 e. The first-order valence-electron chi connectivity index (χ1n) is 16.2. The quantitative estimate of drug-likeness (QED) is 0.0531. The molecule has 0 unspecified atom stereocenters. The highest BCUT2D eigenvalue weighted by molar-refractivity contribution is 7.80. The Balaban J connectivity index is 1.62. The van der Waals surface area contributed by atoms with Gasteiger partial charge in [-0.2, -0.15) is 12.6 Å². The SMILES string of the molecule is CCCCOc1ccc(C[C@H](NC(=O)[C@H]2O[C@@H]2C(=O)N[C@@H](CCCC(=O)O)C(=O)N[C@@H](Cc2ccccc2)C(=O)NCCS)C(=O)O)cc1. The molecular formula is C34H44N4O10S. The standard InChI is InChI=1S/C34H44N4O10S/c1-2-3-17-47-23-14-12-22(13-15-23)20-26(34(45)46)38-33(44)29-28(48-29)32(43)36-24(10-7-11-27(39)40)31(42)37-25(30(41)35-16-18-49)19-21-8-5-4-6-9-21/h4-6,8-9,12-15,24-26,28-29,49H,2-3,7,10-11,16-20H2,1H3,(H,35,41)(H,36,43)(H,37,42)(H,38,44)(H,39,40)(H,45,46)/t24-,25-,26-,28-,29-/m0/s1. The number of unbranched alkanes of at least 4 members (excludes halogenated alkanes) is 1. The van der Waals surface area contributed by atoms with E-state index in [9.17, 15) is 33.9 Å². The molecule has 5 atom stereocenters. The zero-order valence-electron chi connectivity index (χ0n) is 27.3. The number of aliphatic carboxylic acids is 2. The number of carbonyl (C=O) groups is 6. The van der Waals surface area contributed by atoms with Crippen LogP contribution in [0, 0.1) is 0 Å². The molecule has 4 amide bonds. The number of carboxylic acids is 2. The van der Waals surface area contributed by atoms with E-state index in [1.807, 2.05) is 13.0 Å². The maximum absolute atomic E-state index is 13.4. The fraction of sp³-hybridized carbons (Fsp3) is 0.471. The Labute approximate surface area is 290 Å². The van der Waals surface area contributed by atoms with Gasteiger partial charge in [-0.05, 0) is 42.5 Å². The summed E-state index contributed by atoms with van der Waals surface area (Å²) in [5.41, 5.74) is 1.41. The lowest BCUT2D eigenvalue weighted by molar-refractivity contribution is -0.142. The normalized spacial score (nSPS) is 16.7. The van der Waals surface area contributed by atoms with Crippen LogP contribution >= 0.6 is 12.6 Å². The first-order valence-corrected chi connectivity index (χ1v) is 16.8. The number of benzene rings is 2. The summed E-state index contributed by atoms with van der Waals surface area (Å²) in [6.07, 6.45) is -0.905. The van der Waals surface area contributed by atoms with Crippen molar-refractivity contribution >= 4 is 48.2 Å². The van der Waals surface area contributed by atoms with E-state index in [1.54, 1.807) is 48.5 Å². The molecule has 49 heavy (non-hydrogen) atoms. The third kappa shape index (κ3) is 13.4. The van der Waals surface area contributed by atoms with E-state index in [-0.39, 0.29) is 38.6 Å². The first kappa shape index (κ1) is 38.8. The van der Waals surface area contributed by atoms with Crippen molar-refractivity contribution < 1.29 is 48.5 Å². The third-order valence-electron chi connectivity index (χ3n) is 7.60. The minimum atomic E-state index is -1.31. The van der Waals surface area contributed by atoms with Gasteiger partial charge in [-0.15, -0.1) is 0 Å². The number of nitrogens with one attached hydrogen (secondary N) is 4. The zero-order valence-corrected chi connectivity index (χ0v) is 28.2. The van der Waals surface area contributed by atoms with Gasteiger partial charge in [0.25, 0.3) is 11.8 Å². The predicted octanol–water partition coefficient (Wildman–Crippen LogP) is 1.26. The van der Waals surface area contributed by atoms with Gasteiger partial charge >= 0.3 is 11.9 Å². The van der Waals surface area contributed by atoms with E-state index in [4.69, 9.17) is 14.6 Å². The summed E-state index contributed by atoms with van der Waals surface area (Å²) in [5, 5.41) is 29.1. The molecule has 0 bridgehead atoms. The molecule has 1 fully saturated rings. The average Bonchev–Trinajstić information content (AvgIpc) is 3.89. The van der Waals surface area contributed by atoms with Crippen LogP contribution in [0.5, 0.6) is 5.75 Å². The largest absolute Gasteiger partial charge is 0.494 e. The number of thiol groups is 1. The molecule has 0 saturated carbocycles. The molecule has 1 aliphatic heterocycles. The summed E-state index contributed by atoms with van der Waals surface area (Å²) in [4.78, 5) is 75.4. The van der Waals surface area contributed by atoms with Gasteiger partial charge < -0.3 is 41.0 Å². The Kier molecular flexibility index (Phi) is 15.9. The molecule has 2 aromatic rings. The van der Waals surface area contributed by atoms with Crippen LogP contribution in [0.1, 0.15) is 50.2 Å². The van der Waals surface area contributed by atoms with E-state index in [0.717, 1.165) is 18.4 Å². The highest BCUT2D eigenvalue weighted by Crippen LogP contribution is 2.23. The lowest BCUT2D eigenvalue weighted by atomic mass is 10.0. The molecule has 1 aliphatic rings. The van der Waals surface area contributed by atoms with E-state index in [0.29, 0.717) is 23.7 Å². The molecule has 0 aromatic heterocycles. The maximum atomic E-state index is 13.4. The van der Waals surface area contributed by atoms with Crippen molar-refractivity contribution in [3.05, 3.63) is 65.7 Å². The van der Waals surface area contributed by atoms with E-state index in [2.05, 4.69) is 33.9 Å². The molecule has 14 nitrogen and oxygen atoms in total. The number of carbonyl (C=O) groups excluding carboxylic acids is 4. The van der Waals surface area contributed by atoms with Crippen LogP contribution < -0.4 is 26.0 Å². The smallest absolute Gasteiger partial charge is 0.326 e. The van der Waals surface area contributed by atoms with Crippen LogP contribution in [0.3, 0.4) is 0 Å². The number of epoxide rings is 1. The Morgan fingerprint density at radius 1 is 0.796 bits per heavy atom. The second kappa shape index (κ2) is 20.0. The topological polar surface area (TPSA) is 213 Å². The summed E-state index contributed by atoms with van der Waals surface area (Å²) < 4.78 is 10.9. The van der Waals surface area contributed by atoms with Gasteiger partial charge in [0.1, 0.15) is 23.9 Å². The van der Waals surface area contributed by atoms with Gasteiger partial charge in [0.15, 0.2) is 12.2 Å². The molecule has 1 saturated heterocycles. The lowest BCUT2D eigenvalue weighted by Gasteiger charge is -2.23. The fourth-order valence-corrected chi connectivity index (χ4v) is 4.98. The predicted molar refractivity (Wildman–Crippen MR) is 181 cm³/mol. The molecule has 6 N–H and O–H groups in total. The first-order chi connectivity index (χ1) is 23.5. The minimum Gasteiger partial charge on any atom is -0.494 e. The second-order valence-electron chi connectivity index (χ2n) is 11.5. The van der Waals surface area contributed by atoms with Gasteiger partial charge in [0, 0.05) is 31.6 Å². The molecule has 266 valence electrons. The molecular weight excluding hydrogens is 656 g/mol. The monoisotopic (exact) mass is 700 g/mol. The average molecular weight is 701 g/mol. The summed E-state index contributed by atoms with van der Waals surface area (Å²) in [6, 6.07) is 12.3. The summed E-state index contributed by atoms with van der Waals surface area (Å²) >= 11 is 4.10. The van der Waals surface area contributed by atoms with Crippen molar-refractivity contribution in [2.24, 2.45) is 0 Å². The van der Waals surface area contributed by atoms with E-state index in [1.165, 1.54) is 0 Å². The van der Waals surface area contributed by atoms with Gasteiger partial charge in [0.05, 0.1) is 6.61 Å². The fourth-order valence-electron chi connectivity index (χ4n) is 4.87. The molecule has 0 aliphatic carbocycles. The Hall–Kier alpha value is -4.63. The van der Waals surface area contributed by atoms with Crippen molar-refractivity contribution in [3.8, 4) is 5.75 Å². The van der Waals surface area contributed by atoms with Crippen LogP contribution in [-0.4, -0.2) is 95.0 Å². The number of carboxylic acid groups (broad SMARTS) is 2. The van der Waals surface area contributed by atoms with Crippen LogP contribution in [-0.2, 0) is 46.3 Å². The summed E-state index contributed by atoms with van der Waals surface area (Å²) in [6.45, 7) is 2.87.